The Hall–Kier alpha value is -1.94. The number of nitrogens with zero attached hydrogens (tertiary/aromatic N) is 3. The summed E-state index contributed by atoms with van der Waals surface area (Å²) >= 11 is 0. The first kappa shape index (κ1) is 16.5. The second-order valence-corrected chi connectivity index (χ2v) is 7.30. The van der Waals surface area contributed by atoms with Crippen molar-refractivity contribution in [3.8, 4) is 0 Å². The number of aromatic nitrogens is 2. The summed E-state index contributed by atoms with van der Waals surface area (Å²) in [6.45, 7) is 5.38. The Morgan fingerprint density at radius 2 is 2.00 bits per heavy atom. The Morgan fingerprint density at radius 3 is 2.80 bits per heavy atom. The molecular weight excluding hydrogens is 308 g/mol. The Balaban J connectivity index is 1.57. The standard InChI is InChI=1S/C21H28N4/c1-16-18-10-7-14-25(15-12-17-8-3-2-4-9-17)21(18)24-20(23-16)19-11-5-6-13-22-19/h2-4,8-9,19,22H,5-7,10-15H2,1H3/t19-/m0/s1. The van der Waals surface area contributed by atoms with Gasteiger partial charge >= 0.3 is 0 Å². The van der Waals surface area contributed by atoms with Gasteiger partial charge in [-0.1, -0.05) is 36.8 Å². The predicted octanol–water partition coefficient (Wildman–Crippen LogP) is 3.59. The SMILES string of the molecule is Cc1nc([C@@H]2CCCCN2)nc2c1CCCN2CCc1ccccc1. The van der Waals surface area contributed by atoms with Gasteiger partial charge in [-0.15, -0.1) is 0 Å². The third kappa shape index (κ3) is 3.69. The smallest absolute Gasteiger partial charge is 0.147 e. The number of hydrogen-bond donors (Lipinski definition) is 1. The quantitative estimate of drug-likeness (QED) is 0.926. The van der Waals surface area contributed by atoms with Crippen molar-refractivity contribution >= 4 is 5.82 Å². The van der Waals surface area contributed by atoms with Crippen LogP contribution in [0.25, 0.3) is 0 Å². The van der Waals surface area contributed by atoms with Crippen molar-refractivity contribution in [2.24, 2.45) is 0 Å². The monoisotopic (exact) mass is 336 g/mol. The molecule has 132 valence electrons. The average molecular weight is 336 g/mol. The van der Waals surface area contributed by atoms with E-state index < -0.39 is 0 Å². The largest absolute Gasteiger partial charge is 0.356 e. The van der Waals surface area contributed by atoms with Crippen molar-refractivity contribution in [1.82, 2.24) is 15.3 Å². The molecule has 1 atom stereocenters. The van der Waals surface area contributed by atoms with E-state index in [-0.39, 0.29) is 0 Å². The van der Waals surface area contributed by atoms with Crippen LogP contribution in [0, 0.1) is 6.92 Å². The highest BCUT2D eigenvalue weighted by molar-refractivity contribution is 5.51. The highest BCUT2D eigenvalue weighted by Gasteiger charge is 2.25. The summed E-state index contributed by atoms with van der Waals surface area (Å²) in [4.78, 5) is 12.4. The molecule has 4 nitrogen and oxygen atoms in total. The van der Waals surface area contributed by atoms with E-state index in [9.17, 15) is 0 Å². The average Bonchev–Trinajstić information content (AvgIpc) is 2.68. The number of piperidine rings is 1. The zero-order valence-corrected chi connectivity index (χ0v) is 15.2. The minimum absolute atomic E-state index is 0.329. The van der Waals surface area contributed by atoms with Crippen molar-refractivity contribution in [3.05, 3.63) is 53.0 Å². The van der Waals surface area contributed by atoms with Gasteiger partial charge < -0.3 is 10.2 Å². The molecule has 4 heteroatoms. The van der Waals surface area contributed by atoms with Gasteiger partial charge in [-0.2, -0.15) is 0 Å². The fourth-order valence-electron chi connectivity index (χ4n) is 4.06. The molecular formula is C21H28N4. The molecule has 0 aliphatic carbocycles. The molecule has 0 unspecified atom stereocenters. The van der Waals surface area contributed by atoms with Crippen LogP contribution in [0.1, 0.15) is 54.4 Å². The Bertz CT molecular complexity index is 707. The summed E-state index contributed by atoms with van der Waals surface area (Å²) in [6.07, 6.45) is 7.08. The highest BCUT2D eigenvalue weighted by Crippen LogP contribution is 2.30. The number of fused-ring (bicyclic) bond motifs is 1. The van der Waals surface area contributed by atoms with Crippen LogP contribution in [0.3, 0.4) is 0 Å². The zero-order chi connectivity index (χ0) is 17.1. The second-order valence-electron chi connectivity index (χ2n) is 7.30. The molecule has 0 spiro atoms. The lowest BCUT2D eigenvalue weighted by atomic mass is 10.0. The van der Waals surface area contributed by atoms with E-state index >= 15 is 0 Å². The van der Waals surface area contributed by atoms with Gasteiger partial charge in [0.2, 0.25) is 0 Å². The summed E-state index contributed by atoms with van der Waals surface area (Å²) in [6, 6.07) is 11.1. The number of nitrogens with one attached hydrogen (secondary N) is 1. The van der Waals surface area contributed by atoms with Crippen LogP contribution in [-0.4, -0.2) is 29.6 Å². The molecule has 2 aliphatic heterocycles. The van der Waals surface area contributed by atoms with E-state index in [2.05, 4.69) is 47.5 Å². The van der Waals surface area contributed by atoms with Gasteiger partial charge in [0.1, 0.15) is 11.6 Å². The van der Waals surface area contributed by atoms with Crippen molar-refractivity contribution in [3.63, 3.8) is 0 Å². The van der Waals surface area contributed by atoms with Crippen LogP contribution in [0.5, 0.6) is 0 Å². The fraction of sp³-hybridized carbons (Fsp3) is 0.524. The third-order valence-electron chi connectivity index (χ3n) is 5.50. The molecule has 1 N–H and O–H groups in total. The Kier molecular flexibility index (Phi) is 4.97. The first-order valence-corrected chi connectivity index (χ1v) is 9.71. The number of rotatable bonds is 4. The lowest BCUT2D eigenvalue weighted by molar-refractivity contribution is 0.396. The number of aryl methyl sites for hydroxylation is 1. The van der Waals surface area contributed by atoms with E-state index in [0.717, 1.165) is 44.7 Å². The van der Waals surface area contributed by atoms with Gasteiger partial charge in [0.25, 0.3) is 0 Å². The molecule has 3 heterocycles. The van der Waals surface area contributed by atoms with Gasteiger partial charge in [-0.25, -0.2) is 9.97 Å². The van der Waals surface area contributed by atoms with Crippen LogP contribution < -0.4 is 10.2 Å². The van der Waals surface area contributed by atoms with E-state index in [4.69, 9.17) is 9.97 Å². The molecule has 2 aliphatic rings. The Labute approximate surface area is 150 Å². The van der Waals surface area contributed by atoms with Gasteiger partial charge in [-0.3, -0.25) is 0 Å². The van der Waals surface area contributed by atoms with E-state index in [1.165, 1.54) is 41.9 Å². The maximum Gasteiger partial charge on any atom is 0.147 e. The predicted molar refractivity (Wildman–Crippen MR) is 102 cm³/mol. The van der Waals surface area contributed by atoms with Crippen LogP contribution in [0.15, 0.2) is 30.3 Å². The zero-order valence-electron chi connectivity index (χ0n) is 15.2. The number of benzene rings is 1. The maximum absolute atomic E-state index is 5.04. The summed E-state index contributed by atoms with van der Waals surface area (Å²) in [5.41, 5.74) is 3.94. The second kappa shape index (κ2) is 7.52. The first-order valence-electron chi connectivity index (χ1n) is 9.71. The topological polar surface area (TPSA) is 41.1 Å². The lowest BCUT2D eigenvalue weighted by Gasteiger charge is -2.32. The molecule has 1 aromatic heterocycles. The molecule has 1 saturated heterocycles. The van der Waals surface area contributed by atoms with Gasteiger partial charge in [-0.05, 0) is 51.1 Å². The van der Waals surface area contributed by atoms with E-state index in [1.807, 2.05) is 0 Å². The van der Waals surface area contributed by atoms with Gasteiger partial charge in [0.05, 0.1) is 6.04 Å². The summed E-state index contributed by atoms with van der Waals surface area (Å²) in [7, 11) is 0. The van der Waals surface area contributed by atoms with E-state index in [1.54, 1.807) is 0 Å². The number of anilines is 1. The van der Waals surface area contributed by atoms with Crippen molar-refractivity contribution in [2.45, 2.75) is 51.5 Å². The molecule has 0 radical (unpaired) electrons. The normalized spacial score (nSPS) is 20.4. The minimum atomic E-state index is 0.329. The molecule has 1 fully saturated rings. The molecule has 4 rings (SSSR count). The van der Waals surface area contributed by atoms with Gasteiger partial charge in [0.15, 0.2) is 0 Å². The maximum atomic E-state index is 5.04. The fourth-order valence-corrected chi connectivity index (χ4v) is 4.06. The highest BCUT2D eigenvalue weighted by atomic mass is 15.2. The van der Waals surface area contributed by atoms with Crippen molar-refractivity contribution < 1.29 is 0 Å². The third-order valence-corrected chi connectivity index (χ3v) is 5.50. The molecule has 2 aromatic rings. The van der Waals surface area contributed by atoms with Crippen LogP contribution in [-0.2, 0) is 12.8 Å². The minimum Gasteiger partial charge on any atom is -0.356 e. The first-order chi connectivity index (χ1) is 12.3. The summed E-state index contributed by atoms with van der Waals surface area (Å²) in [5.74, 6) is 2.19. The van der Waals surface area contributed by atoms with Gasteiger partial charge in [0, 0.05) is 24.3 Å². The van der Waals surface area contributed by atoms with Crippen LogP contribution >= 0.6 is 0 Å². The molecule has 1 aromatic carbocycles. The summed E-state index contributed by atoms with van der Waals surface area (Å²) < 4.78 is 0. The number of hydrogen-bond acceptors (Lipinski definition) is 4. The Morgan fingerprint density at radius 1 is 1.12 bits per heavy atom. The van der Waals surface area contributed by atoms with Crippen LogP contribution in [0.4, 0.5) is 5.82 Å². The lowest BCUT2D eigenvalue weighted by Crippen LogP contribution is -2.35. The molecule has 0 bridgehead atoms. The summed E-state index contributed by atoms with van der Waals surface area (Å²) in [5, 5.41) is 3.60. The molecule has 25 heavy (non-hydrogen) atoms. The van der Waals surface area contributed by atoms with Crippen molar-refractivity contribution in [1.29, 1.82) is 0 Å². The molecule has 0 saturated carbocycles. The van der Waals surface area contributed by atoms with E-state index in [0.29, 0.717) is 6.04 Å². The van der Waals surface area contributed by atoms with Crippen LogP contribution in [0.2, 0.25) is 0 Å². The molecule has 0 amide bonds. The van der Waals surface area contributed by atoms with Crippen molar-refractivity contribution in [2.75, 3.05) is 24.5 Å².